The summed E-state index contributed by atoms with van der Waals surface area (Å²) in [5.41, 5.74) is 1.15. The zero-order valence-electron chi connectivity index (χ0n) is 11.0. The summed E-state index contributed by atoms with van der Waals surface area (Å²) in [6, 6.07) is 8.56. The Hall–Kier alpha value is -2.78. The van der Waals surface area contributed by atoms with Gasteiger partial charge in [-0.2, -0.15) is 5.26 Å². The Balaban J connectivity index is 2.35. The molecule has 0 aliphatic carbocycles. The minimum absolute atomic E-state index is 0.00448. The normalized spacial score (nSPS) is 16.6. The molecule has 0 spiro atoms. The van der Waals surface area contributed by atoms with Gasteiger partial charge in [0.2, 0.25) is 0 Å². The van der Waals surface area contributed by atoms with Crippen molar-refractivity contribution in [1.82, 2.24) is 10.2 Å². The first kappa shape index (κ1) is 14.6. The van der Waals surface area contributed by atoms with E-state index in [2.05, 4.69) is 11.9 Å². The van der Waals surface area contributed by atoms with Crippen molar-refractivity contribution in [3.05, 3.63) is 53.6 Å². The van der Waals surface area contributed by atoms with Crippen molar-refractivity contribution < 1.29 is 9.59 Å². The lowest BCUT2D eigenvalue weighted by atomic mass is 10.1. The topological polar surface area (TPSA) is 73.2 Å². The van der Waals surface area contributed by atoms with Crippen LogP contribution in [-0.4, -0.2) is 28.4 Å². The molecule has 1 aliphatic heterocycles. The Bertz CT molecular complexity index is 699. The average Bonchev–Trinajstić information content (AvgIpc) is 2.48. The van der Waals surface area contributed by atoms with Crippen LogP contribution in [0.4, 0.5) is 0 Å². The smallest absolute Gasteiger partial charge is 0.265 e. The number of hydrogen-bond acceptors (Lipinski definition) is 4. The van der Waals surface area contributed by atoms with Crippen LogP contribution in [-0.2, 0) is 9.59 Å². The van der Waals surface area contributed by atoms with E-state index >= 15 is 0 Å². The van der Waals surface area contributed by atoms with Gasteiger partial charge in [0, 0.05) is 6.54 Å². The molecule has 0 radical (unpaired) electrons. The van der Waals surface area contributed by atoms with E-state index in [9.17, 15) is 9.59 Å². The van der Waals surface area contributed by atoms with E-state index in [0.29, 0.717) is 11.1 Å². The van der Waals surface area contributed by atoms with Crippen LogP contribution in [0.5, 0.6) is 0 Å². The van der Waals surface area contributed by atoms with Crippen molar-refractivity contribution in [3.8, 4) is 6.07 Å². The van der Waals surface area contributed by atoms with E-state index in [1.807, 2.05) is 6.07 Å². The summed E-state index contributed by atoms with van der Waals surface area (Å²) in [5.74, 6) is -0.998. The monoisotopic (exact) mass is 297 g/mol. The molecule has 1 aliphatic rings. The van der Waals surface area contributed by atoms with Crippen molar-refractivity contribution in [2.24, 2.45) is 0 Å². The van der Waals surface area contributed by atoms with Gasteiger partial charge in [-0.05, 0) is 36.0 Å². The van der Waals surface area contributed by atoms with E-state index in [0.717, 1.165) is 0 Å². The fourth-order valence-electron chi connectivity index (χ4n) is 1.81. The maximum absolute atomic E-state index is 12.3. The first-order chi connectivity index (χ1) is 10.1. The van der Waals surface area contributed by atoms with E-state index in [1.165, 1.54) is 17.1 Å². The van der Waals surface area contributed by atoms with Crippen LogP contribution in [0.2, 0.25) is 0 Å². The molecule has 0 unspecified atom stereocenters. The molecule has 6 heteroatoms. The van der Waals surface area contributed by atoms with E-state index in [1.54, 1.807) is 24.3 Å². The Kier molecular flexibility index (Phi) is 4.26. The number of benzene rings is 1. The van der Waals surface area contributed by atoms with Crippen LogP contribution in [0, 0.1) is 11.3 Å². The molecule has 0 bridgehead atoms. The highest BCUT2D eigenvalue weighted by molar-refractivity contribution is 7.80. The molecule has 0 atom stereocenters. The van der Waals surface area contributed by atoms with Crippen LogP contribution in [0.15, 0.2) is 42.5 Å². The average molecular weight is 297 g/mol. The molecule has 2 rings (SSSR count). The lowest BCUT2D eigenvalue weighted by molar-refractivity contribution is -0.128. The number of thiocarbonyl (C=S) groups is 1. The zero-order chi connectivity index (χ0) is 15.4. The summed E-state index contributed by atoms with van der Waals surface area (Å²) in [4.78, 5) is 25.4. The van der Waals surface area contributed by atoms with Crippen LogP contribution in [0.1, 0.15) is 11.1 Å². The molecular formula is C15H11N3O2S. The molecule has 21 heavy (non-hydrogen) atoms. The standard InChI is InChI=1S/C15H11N3O2S/c1-2-7-18-14(20)12(13(19)17-15(18)21)8-10-3-5-11(9-16)6-4-10/h2-6,8H,1,7H2,(H,17,19,21)/b12-8+. The van der Waals surface area contributed by atoms with Crippen molar-refractivity contribution in [2.45, 2.75) is 0 Å². The van der Waals surface area contributed by atoms with E-state index < -0.39 is 11.8 Å². The predicted octanol–water partition coefficient (Wildman–Crippen LogP) is 1.37. The van der Waals surface area contributed by atoms with Crippen LogP contribution >= 0.6 is 12.2 Å². The van der Waals surface area contributed by atoms with E-state index in [-0.39, 0.29) is 17.2 Å². The second kappa shape index (κ2) is 6.11. The summed E-state index contributed by atoms with van der Waals surface area (Å²) < 4.78 is 0. The summed E-state index contributed by atoms with van der Waals surface area (Å²) in [6.45, 7) is 3.78. The molecule has 0 aromatic heterocycles. The van der Waals surface area contributed by atoms with Gasteiger partial charge in [-0.1, -0.05) is 18.2 Å². The second-order valence-electron chi connectivity index (χ2n) is 4.26. The molecule has 1 aromatic carbocycles. The first-order valence-electron chi connectivity index (χ1n) is 6.06. The van der Waals surface area contributed by atoms with Gasteiger partial charge in [-0.25, -0.2) is 0 Å². The maximum atomic E-state index is 12.3. The number of amides is 2. The summed E-state index contributed by atoms with van der Waals surface area (Å²) in [5, 5.41) is 11.3. The third-order valence-electron chi connectivity index (χ3n) is 2.85. The molecule has 0 saturated carbocycles. The zero-order valence-corrected chi connectivity index (χ0v) is 11.8. The summed E-state index contributed by atoms with van der Waals surface area (Å²) in [6.07, 6.45) is 3.00. The molecular weight excluding hydrogens is 286 g/mol. The Morgan fingerprint density at radius 3 is 2.57 bits per heavy atom. The van der Waals surface area contributed by atoms with Crippen molar-refractivity contribution in [2.75, 3.05) is 6.54 Å². The van der Waals surface area contributed by atoms with Gasteiger partial charge in [-0.15, -0.1) is 6.58 Å². The lowest BCUT2D eigenvalue weighted by Gasteiger charge is -2.27. The molecule has 5 nitrogen and oxygen atoms in total. The van der Waals surface area contributed by atoms with Gasteiger partial charge in [0.05, 0.1) is 11.6 Å². The number of nitrogens with one attached hydrogen (secondary N) is 1. The molecule has 104 valence electrons. The highest BCUT2D eigenvalue weighted by atomic mass is 32.1. The van der Waals surface area contributed by atoms with Gasteiger partial charge >= 0.3 is 0 Å². The van der Waals surface area contributed by atoms with Crippen LogP contribution < -0.4 is 5.32 Å². The largest absolute Gasteiger partial charge is 0.298 e. The van der Waals surface area contributed by atoms with Gasteiger partial charge in [0.25, 0.3) is 11.8 Å². The third kappa shape index (κ3) is 3.04. The Morgan fingerprint density at radius 2 is 2.00 bits per heavy atom. The fraction of sp³-hybridized carbons (Fsp3) is 0.0667. The van der Waals surface area contributed by atoms with Crippen molar-refractivity contribution in [3.63, 3.8) is 0 Å². The van der Waals surface area contributed by atoms with E-state index in [4.69, 9.17) is 17.5 Å². The molecule has 2 amide bonds. The molecule has 1 aromatic rings. The number of hydrogen-bond donors (Lipinski definition) is 1. The highest BCUT2D eigenvalue weighted by Gasteiger charge is 2.32. The minimum Gasteiger partial charge on any atom is -0.298 e. The van der Waals surface area contributed by atoms with Crippen molar-refractivity contribution in [1.29, 1.82) is 5.26 Å². The maximum Gasteiger partial charge on any atom is 0.265 e. The number of rotatable bonds is 3. The SMILES string of the molecule is C=CCN1C(=O)/C(=C/c2ccc(C#N)cc2)C(=O)NC1=S. The summed E-state index contributed by atoms with van der Waals surface area (Å²) in [7, 11) is 0. The minimum atomic E-state index is -0.533. The lowest BCUT2D eigenvalue weighted by Crippen LogP contribution is -2.53. The summed E-state index contributed by atoms with van der Waals surface area (Å²) >= 11 is 4.96. The fourth-order valence-corrected chi connectivity index (χ4v) is 2.06. The van der Waals surface area contributed by atoms with Gasteiger partial charge in [-0.3, -0.25) is 19.8 Å². The van der Waals surface area contributed by atoms with Crippen LogP contribution in [0.25, 0.3) is 6.08 Å². The number of nitrogens with zero attached hydrogens (tertiary/aromatic N) is 2. The number of carbonyl (C=O) groups is 2. The Labute approximate surface area is 127 Å². The number of carbonyl (C=O) groups excluding carboxylic acids is 2. The molecule has 1 N–H and O–H groups in total. The molecule has 1 fully saturated rings. The second-order valence-corrected chi connectivity index (χ2v) is 4.64. The van der Waals surface area contributed by atoms with Crippen molar-refractivity contribution >= 4 is 35.2 Å². The highest BCUT2D eigenvalue weighted by Crippen LogP contribution is 2.15. The third-order valence-corrected chi connectivity index (χ3v) is 3.17. The first-order valence-corrected chi connectivity index (χ1v) is 6.47. The predicted molar refractivity (Wildman–Crippen MR) is 81.8 cm³/mol. The quantitative estimate of drug-likeness (QED) is 0.396. The molecule has 1 saturated heterocycles. The van der Waals surface area contributed by atoms with Crippen LogP contribution in [0.3, 0.4) is 0 Å². The van der Waals surface area contributed by atoms with Gasteiger partial charge in [0.15, 0.2) is 5.11 Å². The van der Waals surface area contributed by atoms with Gasteiger partial charge in [0.1, 0.15) is 5.57 Å². The molecule has 1 heterocycles. The Morgan fingerprint density at radius 1 is 1.33 bits per heavy atom. The van der Waals surface area contributed by atoms with Gasteiger partial charge < -0.3 is 0 Å². The number of nitriles is 1.